The monoisotopic (exact) mass is 425 g/mol. The molecule has 0 spiro atoms. The van der Waals surface area contributed by atoms with Crippen LogP contribution in [0, 0.1) is 20.8 Å². The van der Waals surface area contributed by atoms with E-state index >= 15 is 0 Å². The highest BCUT2D eigenvalue weighted by atomic mass is 16.1. The number of fused-ring (bicyclic) bond motifs is 1. The summed E-state index contributed by atoms with van der Waals surface area (Å²) in [6.07, 6.45) is 11.6. The first-order valence-electron chi connectivity index (χ1n) is 12.2. The molecule has 0 atom stereocenters. The molecule has 6 heteroatoms. The van der Waals surface area contributed by atoms with Crippen LogP contribution in [0.4, 0.5) is 0 Å². The molecule has 2 aliphatic rings. The van der Waals surface area contributed by atoms with Crippen LogP contribution in [-0.4, -0.2) is 50.7 Å². The zero-order valence-corrected chi connectivity index (χ0v) is 19.9. The number of carbonyl (C=O) groups excluding carboxylic acids is 1. The van der Waals surface area contributed by atoms with Gasteiger partial charge in [0, 0.05) is 36.6 Å². The van der Waals surface area contributed by atoms with Gasteiger partial charge in [-0.3, -0.25) is 14.4 Å². The van der Waals surface area contributed by atoms with Crippen molar-refractivity contribution < 1.29 is 4.79 Å². The van der Waals surface area contributed by atoms with Crippen molar-refractivity contribution in [3.05, 3.63) is 22.5 Å². The van der Waals surface area contributed by atoms with Crippen molar-refractivity contribution in [2.45, 2.75) is 90.5 Å². The first-order valence-corrected chi connectivity index (χ1v) is 12.2. The average molecular weight is 426 g/mol. The highest BCUT2D eigenvalue weighted by Gasteiger charge is 2.38. The summed E-state index contributed by atoms with van der Waals surface area (Å²) >= 11 is 0. The Hall–Kier alpha value is -1.95. The van der Waals surface area contributed by atoms with E-state index in [2.05, 4.69) is 29.2 Å². The molecule has 0 unspecified atom stereocenters. The van der Waals surface area contributed by atoms with Gasteiger partial charge >= 0.3 is 0 Å². The van der Waals surface area contributed by atoms with E-state index in [-0.39, 0.29) is 11.4 Å². The van der Waals surface area contributed by atoms with Gasteiger partial charge in [-0.1, -0.05) is 25.7 Å². The number of nitrogens with zero attached hydrogens (tertiary/aromatic N) is 4. The number of amides is 1. The summed E-state index contributed by atoms with van der Waals surface area (Å²) in [6, 6.07) is 0. The lowest BCUT2D eigenvalue weighted by Gasteiger charge is -2.48. The van der Waals surface area contributed by atoms with Crippen molar-refractivity contribution in [1.29, 1.82) is 0 Å². The number of hydrogen-bond acceptors (Lipinski definition) is 4. The molecule has 170 valence electrons. The molecule has 2 aromatic rings. The van der Waals surface area contributed by atoms with Gasteiger partial charge in [0.1, 0.15) is 0 Å². The quantitative estimate of drug-likeness (QED) is 0.756. The second-order valence-electron chi connectivity index (χ2n) is 9.82. The molecule has 0 aromatic carbocycles. The highest BCUT2D eigenvalue weighted by molar-refractivity contribution is 5.84. The van der Waals surface area contributed by atoms with Crippen molar-refractivity contribution >= 4 is 16.9 Å². The molecule has 4 rings (SSSR count). The summed E-state index contributed by atoms with van der Waals surface area (Å²) in [5.41, 5.74) is 5.56. The van der Waals surface area contributed by atoms with E-state index < -0.39 is 0 Å². The van der Waals surface area contributed by atoms with Crippen LogP contribution in [0.25, 0.3) is 11.0 Å². The summed E-state index contributed by atoms with van der Waals surface area (Å²) in [7, 11) is 1.94. The Kier molecular flexibility index (Phi) is 6.65. The van der Waals surface area contributed by atoms with E-state index in [9.17, 15) is 4.79 Å². The normalized spacial score (nSPS) is 19.6. The summed E-state index contributed by atoms with van der Waals surface area (Å²) in [5.74, 6) is 0.170. The maximum absolute atomic E-state index is 12.9. The number of hydrogen-bond donors (Lipinski definition) is 1. The number of nitrogens with one attached hydrogen (secondary N) is 1. The predicted octanol–water partition coefficient (Wildman–Crippen LogP) is 4.13. The van der Waals surface area contributed by atoms with Gasteiger partial charge in [-0.25, -0.2) is 4.98 Å². The molecular formula is C25H39N5O. The number of rotatable bonds is 6. The summed E-state index contributed by atoms with van der Waals surface area (Å²) < 4.78 is 1.85. The third-order valence-electron chi connectivity index (χ3n) is 7.76. The Balaban J connectivity index is 1.41. The molecule has 2 fully saturated rings. The third kappa shape index (κ3) is 4.50. The van der Waals surface area contributed by atoms with Crippen molar-refractivity contribution in [2.75, 3.05) is 19.6 Å². The third-order valence-corrected chi connectivity index (χ3v) is 7.76. The van der Waals surface area contributed by atoms with Gasteiger partial charge in [-0.2, -0.15) is 5.10 Å². The maximum atomic E-state index is 12.9. The minimum Gasteiger partial charge on any atom is -0.354 e. The molecule has 3 heterocycles. The number of aromatic nitrogens is 3. The van der Waals surface area contributed by atoms with Crippen molar-refractivity contribution in [1.82, 2.24) is 25.0 Å². The van der Waals surface area contributed by atoms with E-state index in [1.807, 2.05) is 18.7 Å². The molecule has 1 aliphatic heterocycles. The number of aryl methyl sites for hydroxylation is 4. The van der Waals surface area contributed by atoms with Gasteiger partial charge in [0.15, 0.2) is 5.65 Å². The first kappa shape index (κ1) is 22.3. The second kappa shape index (κ2) is 9.27. The fourth-order valence-electron chi connectivity index (χ4n) is 6.00. The van der Waals surface area contributed by atoms with Gasteiger partial charge < -0.3 is 5.32 Å². The van der Waals surface area contributed by atoms with E-state index in [0.717, 1.165) is 35.4 Å². The van der Waals surface area contributed by atoms with E-state index in [1.54, 1.807) is 0 Å². The van der Waals surface area contributed by atoms with Crippen LogP contribution in [0.2, 0.25) is 0 Å². The summed E-state index contributed by atoms with van der Waals surface area (Å²) in [5, 5.41) is 9.00. The van der Waals surface area contributed by atoms with E-state index in [1.165, 1.54) is 75.6 Å². The molecule has 2 aromatic heterocycles. The lowest BCUT2D eigenvalue weighted by atomic mass is 9.79. The van der Waals surface area contributed by atoms with Gasteiger partial charge in [0.05, 0.1) is 5.69 Å². The topological polar surface area (TPSA) is 63.1 Å². The minimum absolute atomic E-state index is 0.170. The smallest absolute Gasteiger partial charge is 0.220 e. The zero-order chi connectivity index (χ0) is 22.0. The number of carbonyl (C=O) groups is 1. The molecule has 0 radical (unpaired) electrons. The van der Waals surface area contributed by atoms with E-state index in [4.69, 9.17) is 4.98 Å². The molecule has 1 saturated carbocycles. The van der Waals surface area contributed by atoms with Crippen molar-refractivity contribution in [2.24, 2.45) is 7.05 Å². The molecule has 31 heavy (non-hydrogen) atoms. The molecule has 1 saturated heterocycles. The Bertz CT molecular complexity index is 935. The number of likely N-dealkylation sites (tertiary alicyclic amines) is 1. The summed E-state index contributed by atoms with van der Waals surface area (Å²) in [6.45, 7) is 9.44. The Labute approximate surface area is 186 Å². The number of pyridine rings is 1. The standard InChI is InChI=1S/C25H39N5O/c1-18-21(19(2)27-24-23(18)20(3)28-29(24)4)11-12-22(31)26-17-25(13-7-5-8-14-25)30-15-9-6-10-16-30/h5-17H2,1-4H3,(H,26,31). The van der Waals surface area contributed by atoms with Crippen LogP contribution in [0.5, 0.6) is 0 Å². The Morgan fingerprint density at radius 3 is 2.39 bits per heavy atom. The zero-order valence-electron chi connectivity index (χ0n) is 19.9. The summed E-state index contributed by atoms with van der Waals surface area (Å²) in [4.78, 5) is 20.4. The number of piperidine rings is 1. The van der Waals surface area contributed by atoms with Crippen LogP contribution in [0.1, 0.15) is 80.3 Å². The average Bonchev–Trinajstić information content (AvgIpc) is 3.06. The van der Waals surface area contributed by atoms with Crippen LogP contribution in [0.3, 0.4) is 0 Å². The van der Waals surface area contributed by atoms with Gasteiger partial charge in [0.25, 0.3) is 0 Å². The van der Waals surface area contributed by atoms with Crippen LogP contribution in [0.15, 0.2) is 0 Å². The molecule has 0 bridgehead atoms. The van der Waals surface area contributed by atoms with Gasteiger partial charge in [-0.15, -0.1) is 0 Å². The SMILES string of the molecule is Cc1nc2c(c(C)nn2C)c(C)c1CCC(=O)NCC1(N2CCCCC2)CCCCC1. The fourth-order valence-corrected chi connectivity index (χ4v) is 6.00. The Morgan fingerprint density at radius 2 is 1.68 bits per heavy atom. The molecule has 1 N–H and O–H groups in total. The first-order chi connectivity index (χ1) is 14.9. The van der Waals surface area contributed by atoms with Crippen LogP contribution in [-0.2, 0) is 18.3 Å². The largest absolute Gasteiger partial charge is 0.354 e. The van der Waals surface area contributed by atoms with E-state index in [0.29, 0.717) is 6.42 Å². The maximum Gasteiger partial charge on any atom is 0.220 e. The minimum atomic E-state index is 0.170. The van der Waals surface area contributed by atoms with Crippen molar-refractivity contribution in [3.63, 3.8) is 0 Å². The Morgan fingerprint density at radius 1 is 1.00 bits per heavy atom. The highest BCUT2D eigenvalue weighted by Crippen LogP contribution is 2.35. The van der Waals surface area contributed by atoms with Crippen LogP contribution >= 0.6 is 0 Å². The van der Waals surface area contributed by atoms with Crippen LogP contribution < -0.4 is 5.32 Å². The molecule has 6 nitrogen and oxygen atoms in total. The second-order valence-corrected chi connectivity index (χ2v) is 9.82. The lowest BCUT2D eigenvalue weighted by molar-refractivity contribution is -0.122. The molecule has 1 amide bonds. The fraction of sp³-hybridized carbons (Fsp3) is 0.720. The molecular weight excluding hydrogens is 386 g/mol. The van der Waals surface area contributed by atoms with Gasteiger partial charge in [-0.05, 0) is 77.1 Å². The predicted molar refractivity (Wildman–Crippen MR) is 125 cm³/mol. The molecule has 1 aliphatic carbocycles. The lowest BCUT2D eigenvalue weighted by Crippen LogP contribution is -2.58. The van der Waals surface area contributed by atoms with Crippen molar-refractivity contribution in [3.8, 4) is 0 Å². The van der Waals surface area contributed by atoms with Gasteiger partial charge in [0.2, 0.25) is 5.91 Å².